The molecule has 53 heavy (non-hydrogen) atoms. The van der Waals surface area contributed by atoms with Gasteiger partial charge in [-0.3, -0.25) is 0 Å². The van der Waals surface area contributed by atoms with Crippen molar-refractivity contribution in [3.63, 3.8) is 0 Å². The van der Waals surface area contributed by atoms with E-state index in [0.717, 1.165) is 0 Å². The second kappa shape index (κ2) is 13.2. The Labute approximate surface area is 311 Å². The average Bonchev–Trinajstić information content (AvgIpc) is 3.91. The second-order valence-electron chi connectivity index (χ2n) is 14.3. The molecule has 250 valence electrons. The minimum absolute atomic E-state index is 0.0111. The molecule has 2 aliphatic carbocycles. The maximum absolute atomic E-state index is 2.46. The van der Waals surface area contributed by atoms with Crippen LogP contribution < -0.4 is 10.4 Å². The zero-order chi connectivity index (χ0) is 35.1. The molecule has 0 N–H and O–H groups in total. The van der Waals surface area contributed by atoms with Gasteiger partial charge in [0, 0.05) is 17.8 Å². The Morgan fingerprint density at radius 2 is 0.887 bits per heavy atom. The lowest BCUT2D eigenvalue weighted by Gasteiger charge is -2.31. The number of allylic oxidation sites excluding steroid dienone is 4. The van der Waals surface area contributed by atoms with E-state index in [-0.39, 0.29) is 17.8 Å². The molecule has 0 radical (unpaired) electrons. The van der Waals surface area contributed by atoms with Gasteiger partial charge >= 0.3 is 0 Å². The number of hydrogen-bond acceptors (Lipinski definition) is 0. The monoisotopic (exact) mass is 674 g/mol. The van der Waals surface area contributed by atoms with Gasteiger partial charge in [-0.1, -0.05) is 206 Å². The summed E-state index contributed by atoms with van der Waals surface area (Å²) in [5.41, 5.74) is 11.9. The highest BCUT2D eigenvalue weighted by Crippen LogP contribution is 2.46. The first-order valence-corrected chi connectivity index (χ1v) is 18.7. The van der Waals surface area contributed by atoms with Crippen LogP contribution in [0.2, 0.25) is 0 Å². The van der Waals surface area contributed by atoms with Crippen LogP contribution in [0.3, 0.4) is 0 Å². The molecule has 0 heteroatoms. The van der Waals surface area contributed by atoms with Gasteiger partial charge in [-0.2, -0.15) is 0 Å². The van der Waals surface area contributed by atoms with E-state index in [1.165, 1.54) is 82.1 Å². The molecule has 8 aromatic rings. The van der Waals surface area contributed by atoms with E-state index < -0.39 is 0 Å². The van der Waals surface area contributed by atoms with Gasteiger partial charge in [0.1, 0.15) is 0 Å². The summed E-state index contributed by atoms with van der Waals surface area (Å²) in [6.07, 6.45) is 11.7. The standard InChI is InChI=1S/C53H38/c1-5-19-36(20-6-1)48(37-21-7-2-8-22-37)53(49(38-23-9-3-10-24-38)39-25-11-4-12-26-39)46-34-33-45-43-31-17-18-32-44(43)51-42-30-16-15-29-41(42)35-47(51)52(45)50(46)40-27-13-14-28-40/h1-35,40,48-49H. The Kier molecular flexibility index (Phi) is 7.81. The van der Waals surface area contributed by atoms with Gasteiger partial charge in [0.05, 0.1) is 0 Å². The highest BCUT2D eigenvalue weighted by Gasteiger charge is 2.31. The van der Waals surface area contributed by atoms with Crippen molar-refractivity contribution in [2.24, 2.45) is 0 Å². The fourth-order valence-electron chi connectivity index (χ4n) is 9.17. The molecular formula is C53H38. The van der Waals surface area contributed by atoms with E-state index in [1.807, 2.05) is 0 Å². The van der Waals surface area contributed by atoms with Crippen LogP contribution >= 0.6 is 0 Å². The first kappa shape index (κ1) is 31.3. The molecule has 0 fully saturated rings. The topological polar surface area (TPSA) is 0 Å². The largest absolute Gasteiger partial charge is 0.0732 e. The predicted molar refractivity (Wildman–Crippen MR) is 224 cm³/mol. The molecule has 10 rings (SSSR count). The van der Waals surface area contributed by atoms with Crippen molar-refractivity contribution in [3.05, 3.63) is 250 Å². The number of hydrogen-bond donors (Lipinski definition) is 0. The molecule has 0 amide bonds. The van der Waals surface area contributed by atoms with Crippen molar-refractivity contribution < 1.29 is 0 Å². The molecule has 2 aliphatic rings. The molecule has 0 unspecified atom stereocenters. The van der Waals surface area contributed by atoms with Crippen molar-refractivity contribution in [2.75, 3.05) is 0 Å². The maximum Gasteiger partial charge on any atom is 0.0317 e. The smallest absolute Gasteiger partial charge is 0.0317 e. The van der Waals surface area contributed by atoms with E-state index in [4.69, 9.17) is 0 Å². The summed E-state index contributed by atoms with van der Waals surface area (Å²) in [6.45, 7) is 0. The molecule has 0 heterocycles. The zero-order valence-electron chi connectivity index (χ0n) is 29.4. The third kappa shape index (κ3) is 5.30. The van der Waals surface area contributed by atoms with Crippen molar-refractivity contribution in [1.82, 2.24) is 0 Å². The molecule has 0 saturated carbocycles. The predicted octanol–water partition coefficient (Wildman–Crippen LogP) is 11.8. The molecule has 0 nitrogen and oxygen atoms in total. The SMILES string of the molecule is C1=CC(c2c(=C(C(c3ccccc3)c3ccccc3)C(c3ccccc3)c3ccccc3)ccc3c2c2c(c4ccccc43)-c3ccccc3C=2)C=C1. The van der Waals surface area contributed by atoms with E-state index in [1.54, 1.807) is 0 Å². The van der Waals surface area contributed by atoms with Crippen LogP contribution in [0, 0.1) is 0 Å². The minimum atomic E-state index is -0.0111. The Hall–Kier alpha value is -6.50. The molecule has 0 aliphatic heterocycles. The van der Waals surface area contributed by atoms with Crippen LogP contribution in [0.25, 0.3) is 44.3 Å². The van der Waals surface area contributed by atoms with Crippen molar-refractivity contribution in [1.29, 1.82) is 0 Å². The van der Waals surface area contributed by atoms with Crippen LogP contribution in [0.4, 0.5) is 0 Å². The molecule has 0 saturated heterocycles. The zero-order valence-corrected chi connectivity index (χ0v) is 29.4. The summed E-state index contributed by atoms with van der Waals surface area (Å²) in [5, 5.41) is 7.92. The van der Waals surface area contributed by atoms with Crippen LogP contribution in [0.1, 0.15) is 51.1 Å². The molecule has 0 spiro atoms. The number of rotatable bonds is 7. The lowest BCUT2D eigenvalue weighted by molar-refractivity contribution is 0.907. The lowest BCUT2D eigenvalue weighted by Crippen LogP contribution is -2.26. The van der Waals surface area contributed by atoms with E-state index in [9.17, 15) is 0 Å². The Morgan fingerprint density at radius 1 is 0.415 bits per heavy atom. The molecule has 0 bridgehead atoms. The van der Waals surface area contributed by atoms with Gasteiger partial charge in [0.15, 0.2) is 0 Å². The summed E-state index contributed by atoms with van der Waals surface area (Å²) in [7, 11) is 0. The summed E-state index contributed by atoms with van der Waals surface area (Å²) in [4.78, 5) is 0. The van der Waals surface area contributed by atoms with Gasteiger partial charge in [-0.05, 0) is 88.1 Å². The summed E-state index contributed by atoms with van der Waals surface area (Å²) in [6, 6.07) is 67.4. The van der Waals surface area contributed by atoms with Gasteiger partial charge in [-0.15, -0.1) is 0 Å². The third-order valence-electron chi connectivity index (χ3n) is 11.3. The summed E-state index contributed by atoms with van der Waals surface area (Å²) in [5.74, 6) is 0.0941. The van der Waals surface area contributed by atoms with Crippen molar-refractivity contribution in [3.8, 4) is 11.1 Å². The van der Waals surface area contributed by atoms with Gasteiger partial charge in [0.2, 0.25) is 0 Å². The molecule has 8 aromatic carbocycles. The van der Waals surface area contributed by atoms with E-state index >= 15 is 0 Å². The minimum Gasteiger partial charge on any atom is -0.0732 e. The normalized spacial score (nSPS) is 13.2. The Morgan fingerprint density at radius 3 is 1.43 bits per heavy atom. The number of fused-ring (bicyclic) bond motifs is 8. The quantitative estimate of drug-likeness (QED) is 0.148. The van der Waals surface area contributed by atoms with Gasteiger partial charge in [0.25, 0.3) is 0 Å². The molecule has 0 atom stereocenters. The highest BCUT2D eigenvalue weighted by atomic mass is 14.3. The molecule has 0 aromatic heterocycles. The van der Waals surface area contributed by atoms with Gasteiger partial charge in [-0.25, -0.2) is 0 Å². The lowest BCUT2D eigenvalue weighted by atomic mass is 9.71. The van der Waals surface area contributed by atoms with Gasteiger partial charge < -0.3 is 0 Å². The fourth-order valence-corrected chi connectivity index (χ4v) is 9.17. The van der Waals surface area contributed by atoms with Crippen LogP contribution in [0.5, 0.6) is 0 Å². The van der Waals surface area contributed by atoms with Crippen LogP contribution in [-0.4, -0.2) is 0 Å². The van der Waals surface area contributed by atoms with Crippen LogP contribution in [-0.2, 0) is 0 Å². The van der Waals surface area contributed by atoms with Crippen molar-refractivity contribution >= 4 is 33.2 Å². The summed E-state index contributed by atoms with van der Waals surface area (Å²) < 4.78 is 0. The Bertz CT molecular complexity index is 2630. The first-order chi connectivity index (χ1) is 26.3. The third-order valence-corrected chi connectivity index (χ3v) is 11.3. The number of benzene rings is 8. The average molecular weight is 675 g/mol. The Balaban J connectivity index is 1.46. The molecular weight excluding hydrogens is 637 g/mol. The van der Waals surface area contributed by atoms with Crippen molar-refractivity contribution in [2.45, 2.75) is 17.8 Å². The van der Waals surface area contributed by atoms with E-state index in [0.29, 0.717) is 0 Å². The fraction of sp³-hybridized carbons (Fsp3) is 0.0566. The second-order valence-corrected chi connectivity index (χ2v) is 14.3. The summed E-state index contributed by atoms with van der Waals surface area (Å²) >= 11 is 0. The maximum atomic E-state index is 2.46. The van der Waals surface area contributed by atoms with E-state index in [2.05, 4.69) is 212 Å². The first-order valence-electron chi connectivity index (χ1n) is 18.7. The van der Waals surface area contributed by atoms with Crippen LogP contribution in [0.15, 0.2) is 206 Å². The highest BCUT2D eigenvalue weighted by molar-refractivity contribution is 6.17.